The van der Waals surface area contributed by atoms with Crippen molar-refractivity contribution in [1.82, 2.24) is 14.9 Å². The number of nitrogens with two attached hydrogens (primary N) is 1. The monoisotopic (exact) mass is 443 g/mol. The number of nitrogen functional groups attached to an aromatic ring is 1. The van der Waals surface area contributed by atoms with E-state index in [2.05, 4.69) is 32.3 Å². The number of benzene rings is 1. The Bertz CT molecular complexity index is 934. The zero-order valence-electron chi connectivity index (χ0n) is 18.2. The summed E-state index contributed by atoms with van der Waals surface area (Å²) in [5.41, 5.74) is 7.55. The van der Waals surface area contributed by atoms with Gasteiger partial charge in [0.15, 0.2) is 0 Å². The van der Waals surface area contributed by atoms with Crippen LogP contribution in [0.2, 0.25) is 0 Å². The van der Waals surface area contributed by atoms with Crippen LogP contribution < -0.4 is 16.0 Å². The number of aromatic nitrogens is 2. The van der Waals surface area contributed by atoms with Gasteiger partial charge in [-0.15, -0.1) is 0 Å². The number of hydrogen-bond acceptors (Lipinski definition) is 10. The minimum absolute atomic E-state index is 0.000497. The predicted octanol–water partition coefficient (Wildman–Crippen LogP) is 1.83. The van der Waals surface area contributed by atoms with Gasteiger partial charge in [-0.2, -0.15) is 9.97 Å². The summed E-state index contributed by atoms with van der Waals surface area (Å²) < 4.78 is 4.99. The van der Waals surface area contributed by atoms with Gasteiger partial charge < -0.3 is 25.5 Å². The third kappa shape index (κ3) is 6.11. The molecule has 0 bridgehead atoms. The molecule has 32 heavy (non-hydrogen) atoms. The Hall–Kier alpha value is -3.31. The minimum atomic E-state index is -0.620. The number of likely N-dealkylation sites (tertiary alicyclic amines) is 1. The van der Waals surface area contributed by atoms with Gasteiger partial charge >= 0.3 is 5.69 Å². The van der Waals surface area contributed by atoms with Gasteiger partial charge in [-0.1, -0.05) is 24.3 Å². The number of ether oxygens (including phenoxy) is 1. The van der Waals surface area contributed by atoms with Crippen LogP contribution in [0.25, 0.3) is 0 Å². The number of hydrogen-bond donors (Lipinski definition) is 2. The van der Waals surface area contributed by atoms with Crippen molar-refractivity contribution in [1.29, 1.82) is 0 Å². The first-order valence-electron chi connectivity index (χ1n) is 10.5. The Morgan fingerprint density at radius 3 is 2.75 bits per heavy atom. The maximum absolute atomic E-state index is 11.7. The molecule has 1 saturated heterocycles. The van der Waals surface area contributed by atoms with E-state index in [0.717, 1.165) is 30.8 Å². The topological polar surface area (TPSA) is 140 Å². The highest BCUT2D eigenvalue weighted by molar-refractivity contribution is 5.73. The van der Waals surface area contributed by atoms with Gasteiger partial charge in [0, 0.05) is 26.7 Å². The molecule has 1 aromatic carbocycles. The lowest BCUT2D eigenvalue weighted by molar-refractivity contribution is -0.383. The third-order valence-corrected chi connectivity index (χ3v) is 5.23. The van der Waals surface area contributed by atoms with E-state index >= 15 is 0 Å². The van der Waals surface area contributed by atoms with Crippen LogP contribution in [0.4, 0.5) is 23.3 Å². The van der Waals surface area contributed by atoms with Crippen LogP contribution >= 0.6 is 0 Å². The van der Waals surface area contributed by atoms with Gasteiger partial charge in [0.05, 0.1) is 18.1 Å². The first-order valence-corrected chi connectivity index (χ1v) is 10.5. The number of rotatable bonds is 12. The summed E-state index contributed by atoms with van der Waals surface area (Å²) in [6.45, 7) is 4.03. The maximum atomic E-state index is 11.7. The van der Waals surface area contributed by atoms with Crippen molar-refractivity contribution in [2.24, 2.45) is 0 Å². The second-order valence-corrected chi connectivity index (χ2v) is 7.63. The largest absolute Gasteiger partial charge is 0.383 e. The van der Waals surface area contributed by atoms with E-state index < -0.39 is 10.6 Å². The Kier molecular flexibility index (Phi) is 8.28. The highest BCUT2D eigenvalue weighted by Gasteiger charge is 2.27. The van der Waals surface area contributed by atoms with Gasteiger partial charge in [-0.25, -0.2) is 0 Å². The number of nitro groups is 1. The number of methoxy groups -OCH3 is 1. The molecule has 2 aromatic rings. The van der Waals surface area contributed by atoms with Gasteiger partial charge in [0.1, 0.15) is 6.29 Å². The fourth-order valence-electron chi connectivity index (χ4n) is 3.76. The van der Waals surface area contributed by atoms with Crippen molar-refractivity contribution in [2.45, 2.75) is 25.9 Å². The smallest absolute Gasteiger partial charge is 0.353 e. The molecular weight excluding hydrogens is 414 g/mol. The molecule has 0 aliphatic carbocycles. The standard InChI is InChI=1S/C21H29N7O4/c1-32-12-7-23-21-24-19(22)18(28(30)31)20(25-21)27(10-11-29)15-17-6-4-5-16(13-17)14-26-8-2-3-9-26/h4-6,11,13H,2-3,7-10,12,14-15H2,1H3,(H3,22,23,24,25). The Labute approximate surface area is 186 Å². The van der Waals surface area contributed by atoms with Crippen LogP contribution in [-0.2, 0) is 22.6 Å². The zero-order chi connectivity index (χ0) is 22.9. The lowest BCUT2D eigenvalue weighted by Gasteiger charge is -2.23. The second kappa shape index (κ2) is 11.3. The SMILES string of the molecule is COCCNc1nc(N)c([N+](=O)[O-])c(N(CC=O)Cc2cccc(CN3CCCC3)c2)n1. The van der Waals surface area contributed by atoms with Crippen LogP contribution in [-0.4, -0.2) is 66.0 Å². The van der Waals surface area contributed by atoms with Gasteiger partial charge in [-0.3, -0.25) is 15.0 Å². The van der Waals surface area contributed by atoms with Crippen LogP contribution in [0.3, 0.4) is 0 Å². The summed E-state index contributed by atoms with van der Waals surface area (Å²) in [5, 5.41) is 14.6. The molecule has 1 aromatic heterocycles. The lowest BCUT2D eigenvalue weighted by Crippen LogP contribution is -2.28. The molecule has 0 radical (unpaired) electrons. The van der Waals surface area contributed by atoms with Gasteiger partial charge in [-0.05, 0) is 37.1 Å². The summed E-state index contributed by atoms with van der Waals surface area (Å²) in [7, 11) is 1.56. The van der Waals surface area contributed by atoms with Crippen molar-refractivity contribution in [3.63, 3.8) is 0 Å². The van der Waals surface area contributed by atoms with Crippen LogP contribution in [0.15, 0.2) is 24.3 Å². The van der Waals surface area contributed by atoms with Crippen LogP contribution in [0.1, 0.15) is 24.0 Å². The quantitative estimate of drug-likeness (QED) is 0.216. The summed E-state index contributed by atoms with van der Waals surface area (Å²) in [5.74, 6) is -0.128. The van der Waals surface area contributed by atoms with E-state index in [1.807, 2.05) is 12.1 Å². The third-order valence-electron chi connectivity index (χ3n) is 5.23. The number of nitrogens with zero attached hydrogens (tertiary/aromatic N) is 5. The molecule has 0 spiro atoms. The second-order valence-electron chi connectivity index (χ2n) is 7.63. The molecule has 1 fully saturated rings. The molecule has 0 amide bonds. The number of nitrogens with one attached hydrogen (secondary N) is 1. The summed E-state index contributed by atoms with van der Waals surface area (Å²) >= 11 is 0. The first-order chi connectivity index (χ1) is 15.5. The zero-order valence-corrected chi connectivity index (χ0v) is 18.2. The molecule has 11 nitrogen and oxygen atoms in total. The van der Waals surface area contributed by atoms with Gasteiger partial charge in [0.25, 0.3) is 0 Å². The fourth-order valence-corrected chi connectivity index (χ4v) is 3.76. The molecule has 1 aliphatic heterocycles. The number of carbonyl (C=O) groups excluding carboxylic acids is 1. The molecule has 172 valence electrons. The Balaban J connectivity index is 1.88. The van der Waals surface area contributed by atoms with E-state index in [9.17, 15) is 14.9 Å². The maximum Gasteiger partial charge on any atom is 0.353 e. The van der Waals surface area contributed by atoms with Crippen molar-refractivity contribution in [3.05, 3.63) is 45.5 Å². The van der Waals surface area contributed by atoms with E-state index in [-0.39, 0.29) is 30.7 Å². The fraction of sp³-hybridized carbons (Fsp3) is 0.476. The summed E-state index contributed by atoms with van der Waals surface area (Å²) in [6, 6.07) is 8.01. The number of aldehydes is 1. The first kappa shape index (κ1) is 23.4. The number of carbonyl (C=O) groups is 1. The molecule has 0 saturated carbocycles. The van der Waals surface area contributed by atoms with Crippen LogP contribution in [0, 0.1) is 10.1 Å². The number of anilines is 3. The average molecular weight is 444 g/mol. The Morgan fingerprint density at radius 2 is 2.06 bits per heavy atom. The van der Waals surface area contributed by atoms with Gasteiger partial charge in [0.2, 0.25) is 17.6 Å². The highest BCUT2D eigenvalue weighted by Crippen LogP contribution is 2.32. The molecule has 0 atom stereocenters. The highest BCUT2D eigenvalue weighted by atomic mass is 16.6. The lowest BCUT2D eigenvalue weighted by atomic mass is 10.1. The summed E-state index contributed by atoms with van der Waals surface area (Å²) in [6.07, 6.45) is 3.12. The van der Waals surface area contributed by atoms with Crippen molar-refractivity contribution >= 4 is 29.6 Å². The van der Waals surface area contributed by atoms with Crippen LogP contribution in [0.5, 0.6) is 0 Å². The van der Waals surface area contributed by atoms with E-state index in [0.29, 0.717) is 19.4 Å². The van der Waals surface area contributed by atoms with Crippen molar-refractivity contribution in [3.8, 4) is 0 Å². The summed E-state index contributed by atoms with van der Waals surface area (Å²) in [4.78, 5) is 34.7. The van der Waals surface area contributed by atoms with Crippen molar-refractivity contribution < 1.29 is 14.5 Å². The van der Waals surface area contributed by atoms with E-state index in [1.165, 1.54) is 12.8 Å². The molecule has 0 unspecified atom stereocenters. The van der Waals surface area contributed by atoms with E-state index in [1.54, 1.807) is 12.0 Å². The molecule has 11 heteroatoms. The van der Waals surface area contributed by atoms with Crippen molar-refractivity contribution in [2.75, 3.05) is 55.8 Å². The molecule has 1 aliphatic rings. The minimum Gasteiger partial charge on any atom is -0.383 e. The molecular formula is C21H29N7O4. The molecule has 3 rings (SSSR count). The normalized spacial score (nSPS) is 13.8. The average Bonchev–Trinajstić information content (AvgIpc) is 3.26. The predicted molar refractivity (Wildman–Crippen MR) is 122 cm³/mol. The Morgan fingerprint density at radius 1 is 1.31 bits per heavy atom. The molecule has 3 N–H and O–H groups in total. The van der Waals surface area contributed by atoms with E-state index in [4.69, 9.17) is 10.5 Å². The molecule has 2 heterocycles.